The van der Waals surface area contributed by atoms with E-state index in [0.717, 1.165) is 35.9 Å². The third kappa shape index (κ3) is 2.61. The fraction of sp³-hybridized carbons (Fsp3) is 0.385. The van der Waals surface area contributed by atoms with Gasteiger partial charge in [0.25, 0.3) is 0 Å². The Balaban J connectivity index is 2.19. The molecule has 0 radical (unpaired) electrons. The van der Waals surface area contributed by atoms with E-state index in [1.54, 1.807) is 18.9 Å². The first kappa shape index (κ1) is 12.4. The van der Waals surface area contributed by atoms with Crippen LogP contribution in [0.5, 0.6) is 0 Å². The van der Waals surface area contributed by atoms with Crippen LogP contribution in [0.15, 0.2) is 29.3 Å². The second-order valence-corrected chi connectivity index (χ2v) is 4.19. The Labute approximate surface area is 107 Å². The van der Waals surface area contributed by atoms with Crippen LogP contribution in [0.25, 0.3) is 0 Å². The van der Waals surface area contributed by atoms with Gasteiger partial charge in [0.2, 0.25) is 0 Å². The first-order valence-corrected chi connectivity index (χ1v) is 6.00. The second kappa shape index (κ2) is 5.53. The average molecular weight is 246 g/mol. The minimum atomic E-state index is 0.764. The summed E-state index contributed by atoms with van der Waals surface area (Å²) in [5, 5.41) is 3.23. The first-order chi connectivity index (χ1) is 8.72. The van der Waals surface area contributed by atoms with Crippen LogP contribution < -0.4 is 10.2 Å². The lowest BCUT2D eigenvalue weighted by molar-refractivity contribution is 0.563. The SMILES string of the molecule is CCNc1ncnc(N(C)Cc2ccoc2)c1C. The Morgan fingerprint density at radius 2 is 2.22 bits per heavy atom. The molecular weight excluding hydrogens is 228 g/mol. The average Bonchev–Trinajstić information content (AvgIpc) is 2.85. The molecule has 18 heavy (non-hydrogen) atoms. The molecule has 0 aliphatic carbocycles. The topological polar surface area (TPSA) is 54.2 Å². The number of hydrogen-bond donors (Lipinski definition) is 1. The zero-order valence-corrected chi connectivity index (χ0v) is 11.0. The molecule has 0 spiro atoms. The molecule has 0 saturated carbocycles. The predicted molar refractivity (Wildman–Crippen MR) is 71.7 cm³/mol. The standard InChI is InChI=1S/C13H18N4O/c1-4-14-12-10(2)13(16-9-15-12)17(3)7-11-5-6-18-8-11/h5-6,8-9H,4,7H2,1-3H3,(H,14,15,16). The number of hydrogen-bond acceptors (Lipinski definition) is 5. The van der Waals surface area contributed by atoms with E-state index in [2.05, 4.69) is 27.1 Å². The lowest BCUT2D eigenvalue weighted by Crippen LogP contribution is -2.19. The van der Waals surface area contributed by atoms with E-state index in [1.807, 2.05) is 20.0 Å². The number of nitrogens with zero attached hydrogens (tertiary/aromatic N) is 3. The van der Waals surface area contributed by atoms with E-state index < -0.39 is 0 Å². The molecule has 5 heteroatoms. The van der Waals surface area contributed by atoms with E-state index >= 15 is 0 Å². The summed E-state index contributed by atoms with van der Waals surface area (Å²) in [6.07, 6.45) is 5.02. The lowest BCUT2D eigenvalue weighted by Gasteiger charge is -2.20. The first-order valence-electron chi connectivity index (χ1n) is 6.00. The van der Waals surface area contributed by atoms with E-state index in [0.29, 0.717) is 0 Å². The van der Waals surface area contributed by atoms with Crippen LogP contribution in [-0.2, 0) is 6.54 Å². The molecule has 0 atom stereocenters. The predicted octanol–water partition coefficient (Wildman–Crippen LogP) is 2.45. The molecule has 0 fully saturated rings. The Bertz CT molecular complexity index is 496. The number of nitrogens with one attached hydrogen (secondary N) is 1. The Kier molecular flexibility index (Phi) is 3.82. The molecule has 2 aromatic heterocycles. The molecule has 1 N–H and O–H groups in total. The third-order valence-corrected chi connectivity index (χ3v) is 2.76. The molecule has 0 unspecified atom stereocenters. The summed E-state index contributed by atoms with van der Waals surface area (Å²) < 4.78 is 5.07. The van der Waals surface area contributed by atoms with Crippen molar-refractivity contribution in [3.8, 4) is 0 Å². The highest BCUT2D eigenvalue weighted by Crippen LogP contribution is 2.22. The lowest BCUT2D eigenvalue weighted by atomic mass is 10.2. The number of anilines is 2. The van der Waals surface area contributed by atoms with Crippen molar-refractivity contribution in [1.82, 2.24) is 9.97 Å². The van der Waals surface area contributed by atoms with Gasteiger partial charge in [-0.2, -0.15) is 0 Å². The summed E-state index contributed by atoms with van der Waals surface area (Å²) in [7, 11) is 2.01. The van der Waals surface area contributed by atoms with Gasteiger partial charge in [-0.3, -0.25) is 0 Å². The molecule has 0 bridgehead atoms. The van der Waals surface area contributed by atoms with Gasteiger partial charge >= 0.3 is 0 Å². The van der Waals surface area contributed by atoms with Crippen LogP contribution in [0.2, 0.25) is 0 Å². The quantitative estimate of drug-likeness (QED) is 0.878. The number of rotatable bonds is 5. The van der Waals surface area contributed by atoms with Crippen LogP contribution in [0.3, 0.4) is 0 Å². The highest BCUT2D eigenvalue weighted by molar-refractivity contribution is 5.57. The largest absolute Gasteiger partial charge is 0.472 e. The van der Waals surface area contributed by atoms with Gasteiger partial charge in [-0.15, -0.1) is 0 Å². The van der Waals surface area contributed by atoms with Gasteiger partial charge in [-0.25, -0.2) is 9.97 Å². The molecular formula is C13H18N4O. The van der Waals surface area contributed by atoms with E-state index in [9.17, 15) is 0 Å². The van der Waals surface area contributed by atoms with Crippen LogP contribution in [0, 0.1) is 6.92 Å². The molecule has 0 aliphatic heterocycles. The fourth-order valence-electron chi connectivity index (χ4n) is 1.90. The van der Waals surface area contributed by atoms with Crippen LogP contribution in [-0.4, -0.2) is 23.6 Å². The molecule has 2 aromatic rings. The molecule has 0 aliphatic rings. The van der Waals surface area contributed by atoms with Gasteiger partial charge in [0, 0.05) is 31.3 Å². The molecule has 2 rings (SSSR count). The van der Waals surface area contributed by atoms with Crippen molar-refractivity contribution in [3.63, 3.8) is 0 Å². The zero-order valence-electron chi connectivity index (χ0n) is 11.0. The highest BCUT2D eigenvalue weighted by Gasteiger charge is 2.11. The van der Waals surface area contributed by atoms with E-state index in [-0.39, 0.29) is 0 Å². The van der Waals surface area contributed by atoms with Gasteiger partial charge in [0.15, 0.2) is 0 Å². The summed E-state index contributed by atoms with van der Waals surface area (Å²) >= 11 is 0. The summed E-state index contributed by atoms with van der Waals surface area (Å²) in [6, 6.07) is 1.96. The van der Waals surface area contributed by atoms with Crippen molar-refractivity contribution in [2.24, 2.45) is 0 Å². The molecule has 0 saturated heterocycles. The number of furan rings is 1. The molecule has 0 amide bonds. The van der Waals surface area contributed by atoms with Crippen molar-refractivity contribution >= 4 is 11.6 Å². The minimum Gasteiger partial charge on any atom is -0.472 e. The Morgan fingerprint density at radius 3 is 2.89 bits per heavy atom. The van der Waals surface area contributed by atoms with Crippen molar-refractivity contribution in [2.75, 3.05) is 23.8 Å². The minimum absolute atomic E-state index is 0.764. The molecule has 5 nitrogen and oxygen atoms in total. The maximum atomic E-state index is 5.07. The van der Waals surface area contributed by atoms with Crippen molar-refractivity contribution in [1.29, 1.82) is 0 Å². The smallest absolute Gasteiger partial charge is 0.137 e. The zero-order chi connectivity index (χ0) is 13.0. The van der Waals surface area contributed by atoms with Gasteiger partial charge in [0.05, 0.1) is 12.5 Å². The summed E-state index contributed by atoms with van der Waals surface area (Å²) in [6.45, 7) is 5.69. The van der Waals surface area contributed by atoms with Gasteiger partial charge in [0.1, 0.15) is 18.0 Å². The number of aromatic nitrogens is 2. The maximum absolute atomic E-state index is 5.07. The second-order valence-electron chi connectivity index (χ2n) is 4.19. The van der Waals surface area contributed by atoms with Crippen LogP contribution in [0.1, 0.15) is 18.1 Å². The fourth-order valence-corrected chi connectivity index (χ4v) is 1.90. The molecule has 96 valence electrons. The maximum Gasteiger partial charge on any atom is 0.137 e. The monoisotopic (exact) mass is 246 g/mol. The van der Waals surface area contributed by atoms with Crippen molar-refractivity contribution < 1.29 is 4.42 Å². The van der Waals surface area contributed by atoms with Crippen molar-refractivity contribution in [2.45, 2.75) is 20.4 Å². The molecule has 0 aromatic carbocycles. The molecule has 2 heterocycles. The summed E-state index contributed by atoms with van der Waals surface area (Å²) in [4.78, 5) is 10.7. The highest BCUT2D eigenvalue weighted by atomic mass is 16.3. The van der Waals surface area contributed by atoms with E-state index in [4.69, 9.17) is 4.42 Å². The summed E-state index contributed by atoms with van der Waals surface area (Å²) in [5.74, 6) is 1.82. The van der Waals surface area contributed by atoms with Crippen LogP contribution >= 0.6 is 0 Å². The van der Waals surface area contributed by atoms with E-state index in [1.165, 1.54) is 0 Å². The normalized spacial score (nSPS) is 10.4. The van der Waals surface area contributed by atoms with Gasteiger partial charge in [-0.1, -0.05) is 0 Å². The van der Waals surface area contributed by atoms with Crippen LogP contribution in [0.4, 0.5) is 11.6 Å². The van der Waals surface area contributed by atoms with Gasteiger partial charge in [-0.05, 0) is 19.9 Å². The Morgan fingerprint density at radius 1 is 1.39 bits per heavy atom. The van der Waals surface area contributed by atoms with Gasteiger partial charge < -0.3 is 14.6 Å². The Hall–Kier alpha value is -2.04. The summed E-state index contributed by atoms with van der Waals surface area (Å²) in [5.41, 5.74) is 2.19. The third-order valence-electron chi connectivity index (χ3n) is 2.76. The van der Waals surface area contributed by atoms with Crippen molar-refractivity contribution in [3.05, 3.63) is 36.0 Å².